The zero-order chi connectivity index (χ0) is 13.4. The van der Waals surface area contributed by atoms with Crippen molar-refractivity contribution in [3.8, 4) is 0 Å². The lowest BCUT2D eigenvalue weighted by Gasteiger charge is -1.95. The van der Waals surface area contributed by atoms with Crippen molar-refractivity contribution < 1.29 is 20.1 Å². The van der Waals surface area contributed by atoms with Gasteiger partial charge in [0, 0.05) is 19.5 Å². The first-order valence-corrected chi connectivity index (χ1v) is 6.33. The van der Waals surface area contributed by atoms with E-state index >= 15 is 0 Å². The molecule has 0 aliphatic rings. The quantitative estimate of drug-likeness (QED) is 0.434. The van der Waals surface area contributed by atoms with E-state index in [0.29, 0.717) is 19.5 Å². The zero-order valence-corrected chi connectivity index (χ0v) is 10.8. The van der Waals surface area contributed by atoms with Crippen molar-refractivity contribution in [1.82, 2.24) is 5.32 Å². The summed E-state index contributed by atoms with van der Waals surface area (Å²) in [5.74, 6) is -0.670. The highest BCUT2D eigenvalue weighted by molar-refractivity contribution is 5.66. The molecule has 0 atom stereocenters. The molecule has 17 heavy (non-hydrogen) atoms. The third-order valence-electron chi connectivity index (χ3n) is 2.07. The van der Waals surface area contributed by atoms with E-state index in [0.717, 1.165) is 12.8 Å². The Bertz CT molecular complexity index is 149. The molecule has 0 rings (SSSR count). The van der Waals surface area contributed by atoms with Gasteiger partial charge in [0.05, 0.1) is 13.2 Å². The Hall–Kier alpha value is -0.650. The van der Waals surface area contributed by atoms with Crippen molar-refractivity contribution in [3.05, 3.63) is 0 Å². The Kier molecular flexibility index (Phi) is 19.5. The maximum Gasteiger partial charge on any atom is 0.303 e. The van der Waals surface area contributed by atoms with Gasteiger partial charge in [-0.2, -0.15) is 0 Å². The van der Waals surface area contributed by atoms with Gasteiger partial charge in [0.15, 0.2) is 0 Å². The molecular formula is C12H27NO4. The maximum atomic E-state index is 10.0. The van der Waals surface area contributed by atoms with E-state index in [1.54, 1.807) is 0 Å². The fraction of sp³-hybridized carbons (Fsp3) is 0.917. The van der Waals surface area contributed by atoms with Crippen LogP contribution in [0.2, 0.25) is 0 Å². The first-order chi connectivity index (χ1) is 8.18. The predicted molar refractivity (Wildman–Crippen MR) is 68.1 cm³/mol. The number of hydrogen-bond acceptors (Lipinski definition) is 4. The molecule has 5 nitrogen and oxygen atoms in total. The molecule has 0 saturated heterocycles. The van der Waals surface area contributed by atoms with Crippen molar-refractivity contribution in [2.75, 3.05) is 26.3 Å². The Balaban J connectivity index is 0. The van der Waals surface area contributed by atoms with Gasteiger partial charge >= 0.3 is 5.97 Å². The van der Waals surface area contributed by atoms with Crippen molar-refractivity contribution in [1.29, 1.82) is 0 Å². The van der Waals surface area contributed by atoms with Crippen molar-refractivity contribution >= 4 is 5.97 Å². The molecule has 0 spiro atoms. The Morgan fingerprint density at radius 2 is 1.53 bits per heavy atom. The van der Waals surface area contributed by atoms with Crippen molar-refractivity contribution in [2.45, 2.75) is 45.4 Å². The number of aliphatic carboxylic acids is 1. The van der Waals surface area contributed by atoms with Crippen LogP contribution in [0.5, 0.6) is 0 Å². The van der Waals surface area contributed by atoms with E-state index in [1.807, 2.05) is 0 Å². The lowest BCUT2D eigenvalue weighted by Crippen LogP contribution is -2.21. The van der Waals surface area contributed by atoms with Gasteiger partial charge in [0.2, 0.25) is 0 Å². The average molecular weight is 249 g/mol. The molecule has 0 aromatic rings. The minimum atomic E-state index is -0.670. The van der Waals surface area contributed by atoms with Gasteiger partial charge in [-0.05, 0) is 6.42 Å². The minimum Gasteiger partial charge on any atom is -0.481 e. The van der Waals surface area contributed by atoms with Crippen molar-refractivity contribution in [2.24, 2.45) is 0 Å². The second-order valence-electron chi connectivity index (χ2n) is 3.76. The second kappa shape index (κ2) is 17.7. The van der Waals surface area contributed by atoms with Crippen LogP contribution in [-0.2, 0) is 4.79 Å². The molecular weight excluding hydrogens is 222 g/mol. The fourth-order valence-corrected chi connectivity index (χ4v) is 1.16. The highest BCUT2D eigenvalue weighted by Crippen LogP contribution is 2.04. The van der Waals surface area contributed by atoms with Gasteiger partial charge in [-0.3, -0.25) is 4.79 Å². The Morgan fingerprint density at radius 3 is 1.94 bits per heavy atom. The molecule has 0 aliphatic carbocycles. The van der Waals surface area contributed by atoms with Gasteiger partial charge < -0.3 is 20.6 Å². The molecule has 0 heterocycles. The number of carboxylic acid groups (broad SMARTS) is 1. The molecule has 5 heteroatoms. The summed E-state index contributed by atoms with van der Waals surface area (Å²) in [5.41, 5.74) is 0. The third-order valence-corrected chi connectivity index (χ3v) is 2.07. The Morgan fingerprint density at radius 1 is 1.00 bits per heavy atom. The number of carbonyl (C=O) groups is 1. The van der Waals surface area contributed by atoms with Crippen LogP contribution in [0.25, 0.3) is 0 Å². The predicted octanol–water partition coefficient (Wildman–Crippen LogP) is 0.992. The summed E-state index contributed by atoms with van der Waals surface area (Å²) in [6.07, 6.45) is 5.88. The van der Waals surface area contributed by atoms with Gasteiger partial charge in [0.25, 0.3) is 0 Å². The number of rotatable bonds is 10. The Labute approximate surface area is 104 Å². The smallest absolute Gasteiger partial charge is 0.303 e. The van der Waals surface area contributed by atoms with Crippen LogP contribution in [-0.4, -0.2) is 47.6 Å². The molecule has 0 radical (unpaired) electrons. The average Bonchev–Trinajstić information content (AvgIpc) is 2.30. The lowest BCUT2D eigenvalue weighted by molar-refractivity contribution is -0.137. The summed E-state index contributed by atoms with van der Waals surface area (Å²) in [6, 6.07) is 0. The summed E-state index contributed by atoms with van der Waals surface area (Å²) in [7, 11) is 0. The van der Waals surface area contributed by atoms with Crippen LogP contribution in [0, 0.1) is 0 Å². The van der Waals surface area contributed by atoms with E-state index < -0.39 is 5.97 Å². The van der Waals surface area contributed by atoms with Crippen LogP contribution in [0.1, 0.15) is 45.4 Å². The van der Waals surface area contributed by atoms with Gasteiger partial charge in [0.1, 0.15) is 0 Å². The van der Waals surface area contributed by atoms with Crippen LogP contribution >= 0.6 is 0 Å². The molecule has 0 amide bonds. The van der Waals surface area contributed by atoms with E-state index in [-0.39, 0.29) is 13.2 Å². The van der Waals surface area contributed by atoms with Crippen LogP contribution in [0.3, 0.4) is 0 Å². The summed E-state index contributed by atoms with van der Waals surface area (Å²) < 4.78 is 0. The SMILES string of the molecule is CCCCCCCC(=O)O.OCCNCCO. The van der Waals surface area contributed by atoms with Crippen LogP contribution in [0.4, 0.5) is 0 Å². The summed E-state index contributed by atoms with van der Waals surface area (Å²) in [6.45, 7) is 3.57. The van der Waals surface area contributed by atoms with Gasteiger partial charge in [-0.1, -0.05) is 32.6 Å². The van der Waals surface area contributed by atoms with E-state index in [1.165, 1.54) is 19.3 Å². The number of hydrogen-bond donors (Lipinski definition) is 4. The van der Waals surface area contributed by atoms with Crippen LogP contribution in [0.15, 0.2) is 0 Å². The van der Waals surface area contributed by atoms with E-state index in [4.69, 9.17) is 15.3 Å². The normalized spacial score (nSPS) is 9.59. The molecule has 0 aliphatic heterocycles. The first-order valence-electron chi connectivity index (χ1n) is 6.33. The fourth-order valence-electron chi connectivity index (χ4n) is 1.16. The molecule has 0 fully saturated rings. The second-order valence-corrected chi connectivity index (χ2v) is 3.76. The molecule has 0 aromatic heterocycles. The van der Waals surface area contributed by atoms with Crippen LogP contribution < -0.4 is 5.32 Å². The van der Waals surface area contributed by atoms with E-state index in [9.17, 15) is 4.79 Å². The molecule has 4 N–H and O–H groups in total. The third kappa shape index (κ3) is 25.5. The highest BCUT2D eigenvalue weighted by Gasteiger charge is 1.94. The highest BCUT2D eigenvalue weighted by atomic mass is 16.4. The molecule has 0 bridgehead atoms. The molecule has 104 valence electrons. The topological polar surface area (TPSA) is 89.8 Å². The lowest BCUT2D eigenvalue weighted by atomic mass is 10.1. The number of unbranched alkanes of at least 4 members (excludes halogenated alkanes) is 4. The number of aliphatic hydroxyl groups excluding tert-OH is 2. The monoisotopic (exact) mass is 249 g/mol. The standard InChI is InChI=1S/C8H16O2.C4H11NO2/c1-2-3-4-5-6-7-8(9)10;6-3-1-5-2-4-7/h2-7H2,1H3,(H,9,10);5-7H,1-4H2. The summed E-state index contributed by atoms with van der Waals surface area (Å²) in [5, 5.41) is 27.4. The minimum absolute atomic E-state index is 0.139. The van der Waals surface area contributed by atoms with Gasteiger partial charge in [-0.25, -0.2) is 0 Å². The maximum absolute atomic E-state index is 10.0. The molecule has 0 unspecified atom stereocenters. The summed E-state index contributed by atoms with van der Waals surface area (Å²) in [4.78, 5) is 10.0. The van der Waals surface area contributed by atoms with E-state index in [2.05, 4.69) is 12.2 Å². The largest absolute Gasteiger partial charge is 0.481 e. The van der Waals surface area contributed by atoms with Gasteiger partial charge in [-0.15, -0.1) is 0 Å². The number of nitrogens with one attached hydrogen (secondary N) is 1. The number of aliphatic hydroxyl groups is 2. The zero-order valence-electron chi connectivity index (χ0n) is 10.8. The van der Waals surface area contributed by atoms with Crippen molar-refractivity contribution in [3.63, 3.8) is 0 Å². The molecule has 0 aromatic carbocycles. The number of carboxylic acids is 1. The summed E-state index contributed by atoms with van der Waals surface area (Å²) >= 11 is 0. The first kappa shape index (κ1) is 18.7. The molecule has 0 saturated carbocycles.